The van der Waals surface area contributed by atoms with Crippen molar-refractivity contribution < 1.29 is 19.8 Å². The van der Waals surface area contributed by atoms with Gasteiger partial charge in [-0.2, -0.15) is 10.4 Å². The molecular formula is C17H11N5O4. The quantitative estimate of drug-likeness (QED) is 0.407. The first-order valence-electron chi connectivity index (χ1n) is 7.28. The van der Waals surface area contributed by atoms with Crippen LogP contribution in [0.3, 0.4) is 0 Å². The van der Waals surface area contributed by atoms with Gasteiger partial charge < -0.3 is 15.2 Å². The number of para-hydroxylation sites is 2. The van der Waals surface area contributed by atoms with Crippen LogP contribution in [0.25, 0.3) is 11.0 Å². The molecule has 3 aromatic rings. The largest absolute Gasteiger partial charge is 0.478 e. The summed E-state index contributed by atoms with van der Waals surface area (Å²) < 4.78 is 0. The number of aromatic carboxylic acids is 2. The monoisotopic (exact) mass is 349 g/mol. The number of imidazole rings is 1. The van der Waals surface area contributed by atoms with Gasteiger partial charge in [0.1, 0.15) is 6.07 Å². The summed E-state index contributed by atoms with van der Waals surface area (Å²) in [4.78, 5) is 29.4. The van der Waals surface area contributed by atoms with Gasteiger partial charge in [-0.05, 0) is 30.3 Å². The van der Waals surface area contributed by atoms with Gasteiger partial charge in [0.15, 0.2) is 5.82 Å². The summed E-state index contributed by atoms with van der Waals surface area (Å²) in [5.74, 6) is -2.33. The molecule has 0 bridgehead atoms. The first-order chi connectivity index (χ1) is 12.5. The van der Waals surface area contributed by atoms with Crippen molar-refractivity contribution in [2.75, 3.05) is 5.43 Å². The Morgan fingerprint density at radius 1 is 1.12 bits per heavy atom. The summed E-state index contributed by atoms with van der Waals surface area (Å²) in [7, 11) is 0. The van der Waals surface area contributed by atoms with Crippen LogP contribution in [0.5, 0.6) is 0 Å². The molecule has 2 aromatic carbocycles. The third-order valence-electron chi connectivity index (χ3n) is 3.44. The normalized spacial score (nSPS) is 11.1. The highest BCUT2D eigenvalue weighted by atomic mass is 16.4. The number of hydrogen-bond acceptors (Lipinski definition) is 6. The molecule has 26 heavy (non-hydrogen) atoms. The van der Waals surface area contributed by atoms with Gasteiger partial charge in [-0.1, -0.05) is 12.1 Å². The molecule has 128 valence electrons. The van der Waals surface area contributed by atoms with Crippen LogP contribution in [0, 0.1) is 11.3 Å². The van der Waals surface area contributed by atoms with Crippen molar-refractivity contribution in [1.82, 2.24) is 9.97 Å². The van der Waals surface area contributed by atoms with Gasteiger partial charge in [0.05, 0.1) is 27.8 Å². The van der Waals surface area contributed by atoms with Crippen molar-refractivity contribution >= 4 is 34.4 Å². The molecule has 1 heterocycles. The van der Waals surface area contributed by atoms with Crippen LogP contribution in [0.1, 0.15) is 26.5 Å². The minimum absolute atomic E-state index is 0.0706. The SMILES string of the molecule is N#C/C(=N\Nc1cc(C(=O)O)cc(C(=O)O)c1)c1nc2ccccc2[nH]1. The number of hydrazone groups is 1. The maximum atomic E-state index is 11.1. The van der Waals surface area contributed by atoms with E-state index in [1.165, 1.54) is 12.1 Å². The Hall–Kier alpha value is -4.19. The Morgan fingerprint density at radius 2 is 1.77 bits per heavy atom. The minimum atomic E-state index is -1.28. The standard InChI is InChI=1S/C17H11N5O4/c18-8-14(15-19-12-3-1-2-4-13(12)20-15)22-21-11-6-9(16(23)24)5-10(7-11)17(25)26/h1-7,21H,(H,19,20)(H,23,24)(H,25,26)/b22-14+. The van der Waals surface area contributed by atoms with E-state index in [2.05, 4.69) is 20.5 Å². The second-order valence-electron chi connectivity index (χ2n) is 5.20. The van der Waals surface area contributed by atoms with Crippen LogP contribution in [0.2, 0.25) is 0 Å². The second-order valence-corrected chi connectivity index (χ2v) is 5.20. The molecule has 9 heteroatoms. The summed E-state index contributed by atoms with van der Waals surface area (Å²) in [5.41, 5.74) is 3.51. The van der Waals surface area contributed by atoms with Gasteiger partial charge in [-0.15, -0.1) is 0 Å². The van der Waals surface area contributed by atoms with Gasteiger partial charge in [-0.25, -0.2) is 14.6 Å². The summed E-state index contributed by atoms with van der Waals surface area (Å²) in [5, 5.41) is 31.4. The van der Waals surface area contributed by atoms with Gasteiger partial charge in [-0.3, -0.25) is 5.43 Å². The summed E-state index contributed by atoms with van der Waals surface area (Å²) in [6.07, 6.45) is 0. The number of carboxylic acid groups (broad SMARTS) is 2. The smallest absolute Gasteiger partial charge is 0.335 e. The number of fused-ring (bicyclic) bond motifs is 1. The molecule has 9 nitrogen and oxygen atoms in total. The molecule has 1 aromatic heterocycles. The number of rotatable bonds is 5. The van der Waals surface area contributed by atoms with Crippen molar-refractivity contribution in [3.8, 4) is 6.07 Å². The number of H-pyrrole nitrogens is 1. The number of nitrogens with zero attached hydrogens (tertiary/aromatic N) is 3. The van der Waals surface area contributed by atoms with E-state index in [0.717, 1.165) is 11.6 Å². The van der Waals surface area contributed by atoms with Crippen LogP contribution in [-0.4, -0.2) is 37.8 Å². The van der Waals surface area contributed by atoms with Crippen LogP contribution in [-0.2, 0) is 0 Å². The Bertz CT molecular complexity index is 1030. The number of nitriles is 1. The highest BCUT2D eigenvalue weighted by Crippen LogP contribution is 2.16. The third-order valence-corrected chi connectivity index (χ3v) is 3.44. The molecule has 0 spiro atoms. The van der Waals surface area contributed by atoms with Gasteiger partial charge in [0.2, 0.25) is 5.71 Å². The lowest BCUT2D eigenvalue weighted by Crippen LogP contribution is -2.06. The van der Waals surface area contributed by atoms with Crippen LogP contribution in [0.4, 0.5) is 5.69 Å². The molecular weight excluding hydrogens is 338 g/mol. The number of aromatic nitrogens is 2. The molecule has 0 aliphatic heterocycles. The number of benzene rings is 2. The summed E-state index contributed by atoms with van der Waals surface area (Å²) in [6, 6.07) is 12.5. The van der Waals surface area contributed by atoms with Crippen LogP contribution < -0.4 is 5.43 Å². The zero-order chi connectivity index (χ0) is 18.7. The number of carbonyl (C=O) groups is 2. The van der Waals surface area contributed by atoms with Crippen LogP contribution in [0.15, 0.2) is 47.6 Å². The molecule has 0 amide bonds. The van der Waals surface area contributed by atoms with E-state index in [0.29, 0.717) is 5.52 Å². The molecule has 0 saturated heterocycles. The number of carboxylic acids is 2. The van der Waals surface area contributed by atoms with Crippen molar-refractivity contribution in [2.45, 2.75) is 0 Å². The van der Waals surface area contributed by atoms with Gasteiger partial charge >= 0.3 is 11.9 Å². The highest BCUT2D eigenvalue weighted by Gasteiger charge is 2.13. The topological polar surface area (TPSA) is 151 Å². The lowest BCUT2D eigenvalue weighted by Gasteiger charge is -2.05. The zero-order valence-corrected chi connectivity index (χ0v) is 13.1. The fourth-order valence-electron chi connectivity index (χ4n) is 2.26. The average molecular weight is 349 g/mol. The number of nitrogens with one attached hydrogen (secondary N) is 2. The molecule has 0 fully saturated rings. The highest BCUT2D eigenvalue weighted by molar-refractivity contribution is 6.10. The fourth-order valence-corrected chi connectivity index (χ4v) is 2.26. The van der Waals surface area contributed by atoms with E-state index in [4.69, 9.17) is 10.2 Å². The first kappa shape index (κ1) is 16.7. The number of aromatic amines is 1. The van der Waals surface area contributed by atoms with Crippen LogP contribution >= 0.6 is 0 Å². The Morgan fingerprint density at radius 3 is 2.35 bits per heavy atom. The Labute approximate surface area is 146 Å². The summed E-state index contributed by atoms with van der Waals surface area (Å²) in [6.45, 7) is 0. The van der Waals surface area contributed by atoms with Crippen molar-refractivity contribution in [3.05, 3.63) is 59.4 Å². The van der Waals surface area contributed by atoms with Crippen molar-refractivity contribution in [3.63, 3.8) is 0 Å². The third kappa shape index (κ3) is 3.34. The molecule has 0 saturated carbocycles. The maximum absolute atomic E-state index is 11.1. The van der Waals surface area contributed by atoms with Gasteiger partial charge in [0.25, 0.3) is 0 Å². The Balaban J connectivity index is 1.95. The number of hydrogen-bond donors (Lipinski definition) is 4. The van der Waals surface area contributed by atoms with E-state index >= 15 is 0 Å². The first-order valence-corrected chi connectivity index (χ1v) is 7.28. The molecule has 0 atom stereocenters. The average Bonchev–Trinajstić information content (AvgIpc) is 3.05. The van der Waals surface area contributed by atoms with E-state index in [1.807, 2.05) is 12.1 Å². The van der Waals surface area contributed by atoms with Crippen molar-refractivity contribution in [1.29, 1.82) is 5.26 Å². The molecule has 4 N–H and O–H groups in total. The summed E-state index contributed by atoms with van der Waals surface area (Å²) >= 11 is 0. The predicted molar refractivity (Wildman–Crippen MR) is 92.2 cm³/mol. The van der Waals surface area contributed by atoms with E-state index in [-0.39, 0.29) is 28.4 Å². The van der Waals surface area contributed by atoms with E-state index < -0.39 is 11.9 Å². The molecule has 0 aliphatic carbocycles. The molecule has 0 radical (unpaired) electrons. The number of anilines is 1. The van der Waals surface area contributed by atoms with Crippen molar-refractivity contribution in [2.24, 2.45) is 5.10 Å². The van der Waals surface area contributed by atoms with E-state index in [1.54, 1.807) is 18.2 Å². The lowest BCUT2D eigenvalue weighted by atomic mass is 10.1. The molecule has 3 rings (SSSR count). The Kier molecular flexibility index (Phi) is 4.32. The molecule has 0 unspecified atom stereocenters. The fraction of sp³-hybridized carbons (Fsp3) is 0. The van der Waals surface area contributed by atoms with E-state index in [9.17, 15) is 14.9 Å². The maximum Gasteiger partial charge on any atom is 0.335 e. The predicted octanol–water partition coefficient (Wildman–Crippen LogP) is 2.30. The zero-order valence-electron chi connectivity index (χ0n) is 13.1. The minimum Gasteiger partial charge on any atom is -0.478 e. The van der Waals surface area contributed by atoms with Gasteiger partial charge in [0, 0.05) is 0 Å². The lowest BCUT2D eigenvalue weighted by molar-refractivity contribution is 0.0696. The second kappa shape index (κ2) is 6.74. The molecule has 0 aliphatic rings.